The summed E-state index contributed by atoms with van der Waals surface area (Å²) in [5.74, 6) is 2.05. The smallest absolute Gasteiger partial charge is 0.0247 e. The van der Waals surface area contributed by atoms with Crippen LogP contribution in [0.25, 0.3) is 0 Å². The van der Waals surface area contributed by atoms with Crippen molar-refractivity contribution in [3.05, 3.63) is 0 Å². The number of piperazine rings is 1. The number of hydrogen-bond donors (Lipinski definition) is 1. The molecule has 4 atom stereocenters. The molecule has 0 aromatic rings. The highest BCUT2D eigenvalue weighted by molar-refractivity contribution is 7.99. The van der Waals surface area contributed by atoms with Gasteiger partial charge in [-0.15, -0.1) is 0 Å². The van der Waals surface area contributed by atoms with Gasteiger partial charge in [-0.05, 0) is 37.4 Å². The lowest BCUT2D eigenvalue weighted by atomic mass is 9.95. The molecule has 1 saturated carbocycles. The monoisotopic (exact) mass is 284 g/mol. The second-order valence-corrected chi connectivity index (χ2v) is 8.14. The Balaban J connectivity index is 1.97. The molecule has 1 aliphatic carbocycles. The summed E-state index contributed by atoms with van der Waals surface area (Å²) in [4.78, 5) is 2.87. The lowest BCUT2D eigenvalue weighted by molar-refractivity contribution is 0.0570. The third kappa shape index (κ3) is 3.89. The maximum atomic E-state index is 3.74. The van der Waals surface area contributed by atoms with E-state index in [0.29, 0.717) is 6.04 Å². The molecule has 0 spiro atoms. The summed E-state index contributed by atoms with van der Waals surface area (Å²) in [7, 11) is 0. The number of thioether (sulfide) groups is 1. The van der Waals surface area contributed by atoms with Crippen LogP contribution in [-0.4, -0.2) is 47.1 Å². The normalized spacial score (nSPS) is 37.1. The molecule has 0 bridgehead atoms. The molecule has 0 radical (unpaired) electrons. The molecule has 0 amide bonds. The van der Waals surface area contributed by atoms with Gasteiger partial charge in [-0.25, -0.2) is 0 Å². The molecular weight excluding hydrogens is 252 g/mol. The summed E-state index contributed by atoms with van der Waals surface area (Å²) in [6.07, 6.45) is 5.56. The van der Waals surface area contributed by atoms with Crippen molar-refractivity contribution in [3.8, 4) is 0 Å². The SMILES string of the molecule is CCSC1CCC(N2CC(CC)NCC2C(C)C)C1. The Morgan fingerprint density at radius 2 is 2.05 bits per heavy atom. The summed E-state index contributed by atoms with van der Waals surface area (Å²) in [6.45, 7) is 11.9. The molecule has 0 aromatic carbocycles. The van der Waals surface area contributed by atoms with Crippen LogP contribution in [0.5, 0.6) is 0 Å². The summed E-state index contributed by atoms with van der Waals surface area (Å²) in [6, 6.07) is 2.32. The van der Waals surface area contributed by atoms with Gasteiger partial charge in [-0.2, -0.15) is 11.8 Å². The standard InChI is InChI=1S/C16H32N2S/c1-5-13-11-18(16(10-17-13)12(3)4)14-7-8-15(9-14)19-6-2/h12-17H,5-11H2,1-4H3. The van der Waals surface area contributed by atoms with E-state index in [2.05, 4.69) is 49.7 Å². The Kier molecular flexibility index (Phi) is 6.04. The van der Waals surface area contributed by atoms with Crippen molar-refractivity contribution in [2.24, 2.45) is 5.92 Å². The summed E-state index contributed by atoms with van der Waals surface area (Å²) in [5.41, 5.74) is 0. The van der Waals surface area contributed by atoms with Gasteiger partial charge >= 0.3 is 0 Å². The molecule has 112 valence electrons. The Morgan fingerprint density at radius 3 is 2.68 bits per heavy atom. The first-order chi connectivity index (χ1) is 9.15. The van der Waals surface area contributed by atoms with Gasteiger partial charge in [-0.3, -0.25) is 4.90 Å². The molecule has 1 heterocycles. The fraction of sp³-hybridized carbons (Fsp3) is 1.00. The van der Waals surface area contributed by atoms with Crippen molar-refractivity contribution in [2.45, 2.75) is 76.8 Å². The number of rotatable bonds is 5. The molecule has 2 rings (SSSR count). The highest BCUT2D eigenvalue weighted by atomic mass is 32.2. The average molecular weight is 285 g/mol. The summed E-state index contributed by atoms with van der Waals surface area (Å²) in [5, 5.41) is 4.67. The van der Waals surface area contributed by atoms with Gasteiger partial charge in [0.15, 0.2) is 0 Å². The first kappa shape index (κ1) is 15.7. The fourth-order valence-electron chi connectivity index (χ4n) is 3.78. The van der Waals surface area contributed by atoms with Crippen LogP contribution < -0.4 is 5.32 Å². The predicted octanol–water partition coefficient (Wildman–Crippen LogP) is 3.37. The fourth-order valence-corrected chi connectivity index (χ4v) is 4.91. The van der Waals surface area contributed by atoms with E-state index >= 15 is 0 Å². The topological polar surface area (TPSA) is 15.3 Å². The third-order valence-corrected chi connectivity index (χ3v) is 6.20. The minimum Gasteiger partial charge on any atom is -0.311 e. The third-order valence-electron chi connectivity index (χ3n) is 4.96. The van der Waals surface area contributed by atoms with E-state index in [1.807, 2.05) is 0 Å². The number of nitrogens with zero attached hydrogens (tertiary/aromatic N) is 1. The van der Waals surface area contributed by atoms with Crippen LogP contribution in [0.2, 0.25) is 0 Å². The van der Waals surface area contributed by atoms with Crippen LogP contribution in [0.4, 0.5) is 0 Å². The quantitative estimate of drug-likeness (QED) is 0.833. The van der Waals surface area contributed by atoms with Gasteiger partial charge in [0.25, 0.3) is 0 Å². The molecular formula is C16H32N2S. The van der Waals surface area contributed by atoms with Crippen LogP contribution in [0.1, 0.15) is 53.4 Å². The van der Waals surface area contributed by atoms with Crippen LogP contribution in [0.15, 0.2) is 0 Å². The molecule has 1 N–H and O–H groups in total. The Labute approximate surface area is 124 Å². The van der Waals surface area contributed by atoms with E-state index in [0.717, 1.165) is 23.3 Å². The zero-order valence-electron chi connectivity index (χ0n) is 13.2. The van der Waals surface area contributed by atoms with Crippen LogP contribution >= 0.6 is 11.8 Å². The Hall–Kier alpha value is 0.270. The van der Waals surface area contributed by atoms with Gasteiger partial charge in [0, 0.05) is 36.5 Å². The van der Waals surface area contributed by atoms with Gasteiger partial charge in [0.1, 0.15) is 0 Å². The molecule has 0 aromatic heterocycles. The van der Waals surface area contributed by atoms with E-state index in [4.69, 9.17) is 0 Å². The Bertz CT molecular complexity index is 269. The summed E-state index contributed by atoms with van der Waals surface area (Å²) >= 11 is 2.18. The minimum absolute atomic E-state index is 0.716. The van der Waals surface area contributed by atoms with Gasteiger partial charge in [0.05, 0.1) is 0 Å². The van der Waals surface area contributed by atoms with Crippen LogP contribution in [-0.2, 0) is 0 Å². The summed E-state index contributed by atoms with van der Waals surface area (Å²) < 4.78 is 0. The zero-order chi connectivity index (χ0) is 13.8. The van der Waals surface area contributed by atoms with E-state index in [1.54, 1.807) is 0 Å². The van der Waals surface area contributed by atoms with Crippen LogP contribution in [0.3, 0.4) is 0 Å². The molecule has 1 saturated heterocycles. The van der Waals surface area contributed by atoms with Crippen molar-refractivity contribution >= 4 is 11.8 Å². The highest BCUT2D eigenvalue weighted by Crippen LogP contribution is 2.35. The highest BCUT2D eigenvalue weighted by Gasteiger charge is 2.37. The largest absolute Gasteiger partial charge is 0.311 e. The van der Waals surface area contributed by atoms with Gasteiger partial charge < -0.3 is 5.32 Å². The van der Waals surface area contributed by atoms with E-state index in [1.165, 1.54) is 44.5 Å². The van der Waals surface area contributed by atoms with Crippen LogP contribution in [0, 0.1) is 5.92 Å². The van der Waals surface area contributed by atoms with Crippen molar-refractivity contribution in [3.63, 3.8) is 0 Å². The second-order valence-electron chi connectivity index (χ2n) is 6.57. The van der Waals surface area contributed by atoms with E-state index < -0.39 is 0 Å². The van der Waals surface area contributed by atoms with Crippen molar-refractivity contribution in [1.29, 1.82) is 0 Å². The molecule has 2 nitrogen and oxygen atoms in total. The van der Waals surface area contributed by atoms with Crippen molar-refractivity contribution < 1.29 is 0 Å². The van der Waals surface area contributed by atoms with Gasteiger partial charge in [0.2, 0.25) is 0 Å². The lowest BCUT2D eigenvalue weighted by Gasteiger charge is -2.45. The second kappa shape index (κ2) is 7.33. The minimum atomic E-state index is 0.716. The lowest BCUT2D eigenvalue weighted by Crippen LogP contribution is -2.60. The van der Waals surface area contributed by atoms with E-state index in [9.17, 15) is 0 Å². The predicted molar refractivity (Wildman–Crippen MR) is 87.0 cm³/mol. The van der Waals surface area contributed by atoms with Gasteiger partial charge in [-0.1, -0.05) is 27.7 Å². The number of hydrogen-bond acceptors (Lipinski definition) is 3. The zero-order valence-corrected chi connectivity index (χ0v) is 14.0. The molecule has 4 unspecified atom stereocenters. The molecule has 1 aliphatic heterocycles. The maximum Gasteiger partial charge on any atom is 0.0247 e. The Morgan fingerprint density at radius 1 is 1.26 bits per heavy atom. The molecule has 2 fully saturated rings. The first-order valence-corrected chi connectivity index (χ1v) is 9.31. The first-order valence-electron chi connectivity index (χ1n) is 8.26. The molecule has 19 heavy (non-hydrogen) atoms. The number of nitrogens with one attached hydrogen (secondary N) is 1. The van der Waals surface area contributed by atoms with Crippen molar-refractivity contribution in [1.82, 2.24) is 10.2 Å². The maximum absolute atomic E-state index is 3.74. The molecule has 2 aliphatic rings. The van der Waals surface area contributed by atoms with Crippen molar-refractivity contribution in [2.75, 3.05) is 18.8 Å². The molecule has 3 heteroatoms. The van der Waals surface area contributed by atoms with E-state index in [-0.39, 0.29) is 0 Å². The average Bonchev–Trinajstić information content (AvgIpc) is 2.87.